The van der Waals surface area contributed by atoms with Gasteiger partial charge in [-0.2, -0.15) is 5.10 Å². The van der Waals surface area contributed by atoms with Gasteiger partial charge in [0.15, 0.2) is 0 Å². The molecule has 0 amide bonds. The van der Waals surface area contributed by atoms with Crippen LogP contribution in [0.3, 0.4) is 0 Å². The average Bonchev–Trinajstić information content (AvgIpc) is 2.59. The van der Waals surface area contributed by atoms with Crippen LogP contribution in [0, 0.1) is 0 Å². The number of rotatable bonds is 6. The van der Waals surface area contributed by atoms with Crippen molar-refractivity contribution in [2.75, 3.05) is 13.2 Å². The van der Waals surface area contributed by atoms with Crippen LogP contribution in [0.2, 0.25) is 0 Å². The van der Waals surface area contributed by atoms with Gasteiger partial charge in [-0.1, -0.05) is 0 Å². The summed E-state index contributed by atoms with van der Waals surface area (Å²) in [7, 11) is 1.74. The number of nitrogens with zero attached hydrogens (tertiary/aromatic N) is 2. The lowest BCUT2D eigenvalue weighted by Gasteiger charge is -2.08. The van der Waals surface area contributed by atoms with Crippen LogP contribution in [0.15, 0.2) is 12.4 Å². The molecule has 0 fully saturated rings. The van der Waals surface area contributed by atoms with E-state index in [0.717, 1.165) is 0 Å². The zero-order valence-corrected chi connectivity index (χ0v) is 8.44. The molecule has 1 N–H and O–H groups in total. The summed E-state index contributed by atoms with van der Waals surface area (Å²) in [5.41, 5.74) is 0.665. The Morgan fingerprint density at radius 3 is 2.87 bits per heavy atom. The lowest BCUT2D eigenvalue weighted by Crippen LogP contribution is -2.08. The van der Waals surface area contributed by atoms with Crippen molar-refractivity contribution < 1.29 is 18.6 Å². The third kappa shape index (κ3) is 4.35. The van der Waals surface area contributed by atoms with Crippen LogP contribution in [-0.2, 0) is 11.8 Å². The van der Waals surface area contributed by atoms with Crippen LogP contribution in [-0.4, -0.2) is 34.5 Å². The number of ether oxygens (including phenoxy) is 1. The molecule has 0 aliphatic rings. The topological polar surface area (TPSA) is 47.3 Å². The second kappa shape index (κ2) is 5.77. The summed E-state index contributed by atoms with van der Waals surface area (Å²) in [6, 6.07) is 0. The highest BCUT2D eigenvalue weighted by atomic mass is 19.3. The molecule has 86 valence electrons. The van der Waals surface area contributed by atoms with Gasteiger partial charge in [-0.3, -0.25) is 4.68 Å². The van der Waals surface area contributed by atoms with Crippen molar-refractivity contribution in [1.29, 1.82) is 0 Å². The highest BCUT2D eigenvalue weighted by Crippen LogP contribution is 2.15. The summed E-state index contributed by atoms with van der Waals surface area (Å²) < 4.78 is 29.6. The van der Waals surface area contributed by atoms with Crippen LogP contribution in [0.5, 0.6) is 0 Å². The molecule has 1 rings (SSSR count). The minimum Gasteiger partial charge on any atom is -0.388 e. The Kier molecular flexibility index (Phi) is 4.64. The molecule has 1 aromatic rings. The van der Waals surface area contributed by atoms with Crippen LogP contribution in [0.25, 0.3) is 0 Å². The molecule has 1 unspecified atom stereocenters. The van der Waals surface area contributed by atoms with E-state index in [1.54, 1.807) is 17.9 Å². The van der Waals surface area contributed by atoms with Crippen LogP contribution in [0.4, 0.5) is 8.78 Å². The molecule has 0 spiro atoms. The van der Waals surface area contributed by atoms with Gasteiger partial charge < -0.3 is 9.84 Å². The Morgan fingerprint density at radius 2 is 2.33 bits per heavy atom. The SMILES string of the molecule is Cn1cc(C(O)CCOCC(F)F)cn1. The Labute approximate surface area is 86.5 Å². The van der Waals surface area contributed by atoms with E-state index in [1.807, 2.05) is 0 Å². The zero-order chi connectivity index (χ0) is 11.3. The van der Waals surface area contributed by atoms with Crippen molar-refractivity contribution >= 4 is 0 Å². The molecule has 15 heavy (non-hydrogen) atoms. The minimum absolute atomic E-state index is 0.112. The van der Waals surface area contributed by atoms with Gasteiger partial charge in [0.2, 0.25) is 0 Å². The first-order chi connectivity index (χ1) is 7.09. The van der Waals surface area contributed by atoms with Crippen LogP contribution in [0.1, 0.15) is 18.1 Å². The molecular weight excluding hydrogens is 206 g/mol. The van der Waals surface area contributed by atoms with Crippen molar-refractivity contribution in [2.24, 2.45) is 7.05 Å². The third-order valence-corrected chi connectivity index (χ3v) is 1.89. The number of aliphatic hydroxyl groups is 1. The highest BCUT2D eigenvalue weighted by molar-refractivity contribution is 5.07. The van der Waals surface area contributed by atoms with Crippen LogP contribution < -0.4 is 0 Å². The fourth-order valence-electron chi connectivity index (χ4n) is 1.15. The average molecular weight is 220 g/mol. The molecule has 0 aliphatic heterocycles. The molecular formula is C9H14F2N2O2. The lowest BCUT2D eigenvalue weighted by molar-refractivity contribution is 0.00481. The summed E-state index contributed by atoms with van der Waals surface area (Å²) in [6.07, 6.45) is 0.338. The quantitative estimate of drug-likeness (QED) is 0.731. The molecule has 0 bridgehead atoms. The van der Waals surface area contributed by atoms with Crippen molar-refractivity contribution in [3.05, 3.63) is 18.0 Å². The van der Waals surface area contributed by atoms with Gasteiger partial charge in [0, 0.05) is 31.8 Å². The van der Waals surface area contributed by atoms with Gasteiger partial charge in [-0.25, -0.2) is 8.78 Å². The van der Waals surface area contributed by atoms with E-state index >= 15 is 0 Å². The highest BCUT2D eigenvalue weighted by Gasteiger charge is 2.10. The van der Waals surface area contributed by atoms with Crippen molar-refractivity contribution in [3.63, 3.8) is 0 Å². The van der Waals surface area contributed by atoms with Gasteiger partial charge in [-0.05, 0) is 0 Å². The first kappa shape index (κ1) is 12.1. The van der Waals surface area contributed by atoms with Crippen LogP contribution >= 0.6 is 0 Å². The van der Waals surface area contributed by atoms with E-state index in [-0.39, 0.29) is 6.61 Å². The summed E-state index contributed by atoms with van der Waals surface area (Å²) >= 11 is 0. The monoisotopic (exact) mass is 220 g/mol. The van der Waals surface area contributed by atoms with E-state index in [2.05, 4.69) is 9.84 Å². The third-order valence-electron chi connectivity index (χ3n) is 1.89. The minimum atomic E-state index is -2.46. The first-order valence-corrected chi connectivity index (χ1v) is 4.62. The number of hydrogen-bond acceptors (Lipinski definition) is 3. The fraction of sp³-hybridized carbons (Fsp3) is 0.667. The standard InChI is InChI=1S/C9H14F2N2O2/c1-13-5-7(4-12-13)8(14)2-3-15-6-9(10)11/h4-5,8-9,14H,2-3,6H2,1H3. The maximum absolute atomic E-state index is 11.7. The Morgan fingerprint density at radius 1 is 1.60 bits per heavy atom. The predicted octanol–water partition coefficient (Wildman–Crippen LogP) is 1.13. The van der Waals surface area contributed by atoms with Gasteiger partial charge >= 0.3 is 0 Å². The second-order valence-electron chi connectivity index (χ2n) is 3.22. The van der Waals surface area contributed by atoms with Crippen molar-refractivity contribution in [2.45, 2.75) is 19.0 Å². The molecule has 1 heterocycles. The van der Waals surface area contributed by atoms with E-state index in [4.69, 9.17) is 0 Å². The van der Waals surface area contributed by atoms with E-state index < -0.39 is 19.1 Å². The van der Waals surface area contributed by atoms with E-state index in [0.29, 0.717) is 12.0 Å². The smallest absolute Gasteiger partial charge is 0.261 e. The number of aromatic nitrogens is 2. The Balaban J connectivity index is 2.21. The molecule has 1 atom stereocenters. The predicted molar refractivity (Wildman–Crippen MR) is 49.6 cm³/mol. The van der Waals surface area contributed by atoms with Gasteiger partial charge in [0.05, 0.1) is 12.3 Å². The van der Waals surface area contributed by atoms with Crippen molar-refractivity contribution in [1.82, 2.24) is 9.78 Å². The van der Waals surface area contributed by atoms with Gasteiger partial charge in [0.25, 0.3) is 6.43 Å². The first-order valence-electron chi connectivity index (χ1n) is 4.62. The summed E-state index contributed by atoms with van der Waals surface area (Å²) in [5, 5.41) is 13.5. The van der Waals surface area contributed by atoms with Gasteiger partial charge in [-0.15, -0.1) is 0 Å². The number of hydrogen-bond donors (Lipinski definition) is 1. The largest absolute Gasteiger partial charge is 0.388 e. The fourth-order valence-corrected chi connectivity index (χ4v) is 1.15. The molecule has 0 aliphatic carbocycles. The summed E-state index contributed by atoms with van der Waals surface area (Å²) in [4.78, 5) is 0. The number of halogens is 2. The number of aliphatic hydroxyl groups excluding tert-OH is 1. The van der Waals surface area contributed by atoms with Gasteiger partial charge in [0.1, 0.15) is 6.61 Å². The number of aryl methyl sites for hydroxylation is 1. The molecule has 4 nitrogen and oxygen atoms in total. The van der Waals surface area contributed by atoms with Crippen molar-refractivity contribution in [3.8, 4) is 0 Å². The molecule has 0 saturated carbocycles. The summed E-state index contributed by atoms with van der Waals surface area (Å²) in [6.45, 7) is -0.472. The normalized spacial score (nSPS) is 13.4. The summed E-state index contributed by atoms with van der Waals surface area (Å²) in [5.74, 6) is 0. The zero-order valence-electron chi connectivity index (χ0n) is 8.44. The second-order valence-corrected chi connectivity index (χ2v) is 3.22. The lowest BCUT2D eigenvalue weighted by atomic mass is 10.1. The van der Waals surface area contributed by atoms with E-state index in [9.17, 15) is 13.9 Å². The maximum atomic E-state index is 11.7. The number of alkyl halides is 2. The molecule has 0 radical (unpaired) electrons. The molecule has 6 heteroatoms. The Hall–Kier alpha value is -1.01. The maximum Gasteiger partial charge on any atom is 0.261 e. The molecule has 0 saturated heterocycles. The Bertz CT molecular complexity index is 291. The molecule has 0 aromatic carbocycles. The van der Waals surface area contributed by atoms with E-state index in [1.165, 1.54) is 6.20 Å². The molecule has 1 aromatic heterocycles.